The van der Waals surface area contributed by atoms with Crippen LogP contribution in [0.15, 0.2) is 90.0 Å². The van der Waals surface area contributed by atoms with Gasteiger partial charge in [0.05, 0.1) is 24.7 Å². The first-order valence-corrected chi connectivity index (χ1v) is 10.7. The van der Waals surface area contributed by atoms with Gasteiger partial charge in [0.15, 0.2) is 5.76 Å². The summed E-state index contributed by atoms with van der Waals surface area (Å²) in [6.07, 6.45) is 1.36. The van der Waals surface area contributed by atoms with Crippen molar-refractivity contribution in [3.63, 3.8) is 0 Å². The second-order valence-corrected chi connectivity index (χ2v) is 8.47. The number of hydrogen-bond donors (Lipinski definition) is 0. The lowest BCUT2D eigenvalue weighted by atomic mass is 10.1. The molecule has 6 nitrogen and oxygen atoms in total. The number of methoxy groups -OCH3 is 1. The van der Waals surface area contributed by atoms with Crippen LogP contribution in [0.25, 0.3) is 5.76 Å². The van der Waals surface area contributed by atoms with Crippen molar-refractivity contribution < 1.29 is 22.7 Å². The maximum absolute atomic E-state index is 13.1. The minimum Gasteiger partial charge on any atom is -0.496 e. The van der Waals surface area contributed by atoms with E-state index in [2.05, 4.69) is 0 Å². The second kappa shape index (κ2) is 8.04. The van der Waals surface area contributed by atoms with E-state index in [0.717, 1.165) is 5.56 Å². The number of nitrogens with zero attached hydrogens (tertiary/aromatic N) is 1. The Balaban J connectivity index is 1.74. The summed E-state index contributed by atoms with van der Waals surface area (Å²) in [5, 5.41) is 0. The maximum atomic E-state index is 13.1. The quantitative estimate of drug-likeness (QED) is 0.581. The third-order valence-electron chi connectivity index (χ3n) is 4.71. The summed E-state index contributed by atoms with van der Waals surface area (Å²) in [5.74, 6) is -0.0966. The van der Waals surface area contributed by atoms with Crippen LogP contribution in [0.5, 0.6) is 5.75 Å². The minimum atomic E-state index is -3.79. The second-order valence-electron chi connectivity index (χ2n) is 6.62. The van der Waals surface area contributed by atoms with E-state index in [0.29, 0.717) is 11.3 Å². The summed E-state index contributed by atoms with van der Waals surface area (Å²) in [7, 11) is -2.32. The Hall–Kier alpha value is -3.58. The number of para-hydroxylation sites is 1. The average Bonchev–Trinajstić information content (AvgIpc) is 2.78. The van der Waals surface area contributed by atoms with E-state index >= 15 is 0 Å². The predicted molar refractivity (Wildman–Crippen MR) is 112 cm³/mol. The number of carbonyl (C=O) groups excluding carboxylic acids is 1. The van der Waals surface area contributed by atoms with Gasteiger partial charge in [-0.2, -0.15) is 0 Å². The Labute approximate surface area is 175 Å². The lowest BCUT2D eigenvalue weighted by Crippen LogP contribution is -2.30. The SMILES string of the molecule is COc1ccccc1C(=O)OC1=CN(Cc2ccccc2)S(=O)(=O)c2ccccc21. The van der Waals surface area contributed by atoms with Crippen molar-refractivity contribution in [2.45, 2.75) is 11.4 Å². The van der Waals surface area contributed by atoms with E-state index < -0.39 is 16.0 Å². The molecule has 0 saturated carbocycles. The fourth-order valence-electron chi connectivity index (χ4n) is 3.23. The number of rotatable bonds is 5. The summed E-state index contributed by atoms with van der Waals surface area (Å²) in [6, 6.07) is 22.4. The van der Waals surface area contributed by atoms with E-state index in [-0.39, 0.29) is 22.8 Å². The van der Waals surface area contributed by atoms with E-state index in [1.54, 1.807) is 42.5 Å². The Morgan fingerprint density at radius 3 is 2.33 bits per heavy atom. The molecule has 0 aromatic heterocycles. The number of sulfonamides is 1. The van der Waals surface area contributed by atoms with Crippen LogP contribution in [-0.4, -0.2) is 25.8 Å². The summed E-state index contributed by atoms with van der Waals surface area (Å²) in [6.45, 7) is 0.118. The van der Waals surface area contributed by atoms with Gasteiger partial charge in [-0.3, -0.25) is 4.31 Å². The fraction of sp³-hybridized carbons (Fsp3) is 0.0870. The van der Waals surface area contributed by atoms with Gasteiger partial charge >= 0.3 is 5.97 Å². The highest BCUT2D eigenvalue weighted by Crippen LogP contribution is 2.34. The van der Waals surface area contributed by atoms with Crippen molar-refractivity contribution in [1.29, 1.82) is 0 Å². The lowest BCUT2D eigenvalue weighted by Gasteiger charge is -2.28. The topological polar surface area (TPSA) is 72.9 Å². The lowest BCUT2D eigenvalue weighted by molar-refractivity contribution is 0.0685. The smallest absolute Gasteiger partial charge is 0.347 e. The molecule has 4 rings (SSSR count). The zero-order valence-electron chi connectivity index (χ0n) is 16.2. The average molecular weight is 421 g/mol. The molecule has 0 N–H and O–H groups in total. The van der Waals surface area contributed by atoms with Crippen LogP contribution in [0.2, 0.25) is 0 Å². The van der Waals surface area contributed by atoms with Crippen LogP contribution in [0.1, 0.15) is 21.5 Å². The molecule has 1 aliphatic heterocycles. The highest BCUT2D eigenvalue weighted by atomic mass is 32.2. The highest BCUT2D eigenvalue weighted by Gasteiger charge is 2.33. The van der Waals surface area contributed by atoms with Crippen LogP contribution in [0, 0.1) is 0 Å². The Kier molecular flexibility index (Phi) is 5.29. The van der Waals surface area contributed by atoms with Gasteiger partial charge < -0.3 is 9.47 Å². The van der Waals surface area contributed by atoms with Crippen molar-refractivity contribution in [2.75, 3.05) is 7.11 Å². The van der Waals surface area contributed by atoms with Gasteiger partial charge in [-0.1, -0.05) is 54.6 Å². The summed E-state index contributed by atoms with van der Waals surface area (Å²) in [5.41, 5.74) is 1.40. The summed E-state index contributed by atoms with van der Waals surface area (Å²) < 4.78 is 38.3. The van der Waals surface area contributed by atoms with E-state index in [9.17, 15) is 13.2 Å². The Morgan fingerprint density at radius 1 is 0.900 bits per heavy atom. The molecule has 1 aliphatic rings. The minimum absolute atomic E-state index is 0.0891. The van der Waals surface area contributed by atoms with E-state index in [1.807, 2.05) is 30.3 Å². The molecular weight excluding hydrogens is 402 g/mol. The molecule has 0 unspecified atom stereocenters. The molecule has 7 heteroatoms. The van der Waals surface area contributed by atoms with Gasteiger partial charge in [0.1, 0.15) is 11.3 Å². The third kappa shape index (κ3) is 3.67. The predicted octanol–water partition coefficient (Wildman–Crippen LogP) is 4.06. The monoisotopic (exact) mass is 421 g/mol. The Bertz CT molecular complexity index is 1220. The molecule has 30 heavy (non-hydrogen) atoms. The molecule has 0 atom stereocenters. The molecule has 0 saturated heterocycles. The number of esters is 1. The summed E-state index contributed by atoms with van der Waals surface area (Å²) in [4.78, 5) is 12.9. The van der Waals surface area contributed by atoms with E-state index in [4.69, 9.17) is 9.47 Å². The van der Waals surface area contributed by atoms with Gasteiger partial charge in [-0.25, -0.2) is 13.2 Å². The molecule has 152 valence electrons. The van der Waals surface area contributed by atoms with Crippen molar-refractivity contribution in [3.8, 4) is 5.75 Å². The number of benzene rings is 3. The van der Waals surface area contributed by atoms with Gasteiger partial charge in [0.25, 0.3) is 10.0 Å². The molecule has 0 bridgehead atoms. The molecule has 0 fully saturated rings. The van der Waals surface area contributed by atoms with Crippen molar-refractivity contribution >= 4 is 21.8 Å². The normalized spacial score (nSPS) is 14.4. The third-order valence-corrected chi connectivity index (χ3v) is 6.47. The number of fused-ring (bicyclic) bond motifs is 1. The molecule has 0 spiro atoms. The zero-order chi connectivity index (χ0) is 21.1. The standard InChI is InChI=1S/C23H19NO5S/c1-28-20-13-7-5-12-19(20)23(25)29-21-16-24(15-17-9-3-2-4-10-17)30(26,27)22-14-8-6-11-18(21)22/h2-14,16H,15H2,1H3. The molecule has 0 aliphatic carbocycles. The van der Waals surface area contributed by atoms with Crippen LogP contribution in [-0.2, 0) is 21.3 Å². The van der Waals surface area contributed by atoms with Gasteiger partial charge in [-0.15, -0.1) is 0 Å². The highest BCUT2D eigenvalue weighted by molar-refractivity contribution is 7.89. The number of ether oxygens (including phenoxy) is 2. The molecular formula is C23H19NO5S. The number of carbonyl (C=O) groups is 1. The van der Waals surface area contributed by atoms with Crippen molar-refractivity contribution in [2.24, 2.45) is 0 Å². The maximum Gasteiger partial charge on any atom is 0.347 e. The molecule has 3 aromatic carbocycles. The van der Waals surface area contributed by atoms with Crippen molar-refractivity contribution in [3.05, 3.63) is 102 Å². The first kappa shape index (κ1) is 19.7. The number of hydrogen-bond acceptors (Lipinski definition) is 5. The molecule has 0 amide bonds. The van der Waals surface area contributed by atoms with E-state index in [1.165, 1.54) is 23.7 Å². The largest absolute Gasteiger partial charge is 0.496 e. The van der Waals surface area contributed by atoms with Gasteiger partial charge in [0.2, 0.25) is 0 Å². The fourth-order valence-corrected chi connectivity index (χ4v) is 4.74. The molecule has 3 aromatic rings. The van der Waals surface area contributed by atoms with Crippen LogP contribution >= 0.6 is 0 Å². The van der Waals surface area contributed by atoms with Crippen LogP contribution < -0.4 is 4.74 Å². The molecule has 1 heterocycles. The Morgan fingerprint density at radius 2 is 1.57 bits per heavy atom. The van der Waals surface area contributed by atoms with Gasteiger partial charge in [-0.05, 0) is 29.8 Å². The first-order valence-electron chi connectivity index (χ1n) is 9.23. The summed E-state index contributed by atoms with van der Waals surface area (Å²) >= 11 is 0. The van der Waals surface area contributed by atoms with Crippen LogP contribution in [0.3, 0.4) is 0 Å². The van der Waals surface area contributed by atoms with Crippen LogP contribution in [0.4, 0.5) is 0 Å². The van der Waals surface area contributed by atoms with Gasteiger partial charge in [0, 0.05) is 5.56 Å². The zero-order valence-corrected chi connectivity index (χ0v) is 17.0. The molecule has 0 radical (unpaired) electrons. The first-order chi connectivity index (χ1) is 14.5. The van der Waals surface area contributed by atoms with Crippen molar-refractivity contribution in [1.82, 2.24) is 4.31 Å².